The minimum absolute atomic E-state index is 0.145. The Balaban J connectivity index is 3.25. The summed E-state index contributed by atoms with van der Waals surface area (Å²) in [6.45, 7) is 23.2. The Morgan fingerprint density at radius 3 is 1.21 bits per heavy atom. The van der Waals surface area contributed by atoms with Gasteiger partial charge in [0.25, 0.3) is 0 Å². The van der Waals surface area contributed by atoms with Gasteiger partial charge in [-0.05, 0) is 101 Å². The Morgan fingerprint density at radius 1 is 0.571 bits per heavy atom. The number of rotatable bonds is 18. The lowest BCUT2D eigenvalue weighted by Crippen LogP contribution is -2.24. The van der Waals surface area contributed by atoms with Gasteiger partial charge < -0.3 is 5.11 Å². The fourth-order valence-corrected chi connectivity index (χ4v) is 7.50. The molecule has 2 aromatic carbocycles. The van der Waals surface area contributed by atoms with Gasteiger partial charge in [-0.3, -0.25) is 4.79 Å². The van der Waals surface area contributed by atoms with Crippen LogP contribution >= 0.6 is 0 Å². The topological polar surface area (TPSA) is 37.3 Å². The Labute approximate surface area is 259 Å². The highest BCUT2D eigenvalue weighted by Gasteiger charge is 2.36. The van der Waals surface area contributed by atoms with E-state index in [4.69, 9.17) is 0 Å². The average Bonchev–Trinajstić information content (AvgIpc) is 2.96. The first-order valence-electron chi connectivity index (χ1n) is 17.3. The lowest BCUT2D eigenvalue weighted by Gasteiger charge is -2.37. The number of allylic oxidation sites excluding steroid dienone is 1. The summed E-state index contributed by atoms with van der Waals surface area (Å²) in [5.41, 5.74) is 8.54. The number of aliphatic hydroxyl groups is 1. The highest BCUT2D eigenvalue weighted by molar-refractivity contribution is 6.12. The van der Waals surface area contributed by atoms with E-state index < -0.39 is 0 Å². The van der Waals surface area contributed by atoms with E-state index in [0.717, 1.165) is 75.3 Å². The van der Waals surface area contributed by atoms with Gasteiger partial charge in [-0.2, -0.15) is 0 Å². The van der Waals surface area contributed by atoms with Crippen LogP contribution in [0.25, 0.3) is 6.08 Å². The summed E-state index contributed by atoms with van der Waals surface area (Å²) in [6.07, 6.45) is 12.6. The van der Waals surface area contributed by atoms with Crippen LogP contribution in [0.15, 0.2) is 36.1 Å². The molecule has 0 amide bonds. The second-order valence-electron chi connectivity index (χ2n) is 13.2. The number of benzene rings is 2. The van der Waals surface area contributed by atoms with Gasteiger partial charge in [0.05, 0.1) is 0 Å². The molecule has 0 fully saturated rings. The molecular weight excluding hydrogens is 512 g/mol. The number of hydrogen-bond donors (Lipinski definition) is 1. The van der Waals surface area contributed by atoms with Crippen LogP contribution in [0.1, 0.15) is 207 Å². The van der Waals surface area contributed by atoms with E-state index >= 15 is 0 Å². The molecule has 5 unspecified atom stereocenters. The molecule has 0 spiro atoms. The molecule has 0 aromatic heterocycles. The second-order valence-corrected chi connectivity index (χ2v) is 13.2. The Kier molecular flexibility index (Phi) is 15.1. The summed E-state index contributed by atoms with van der Waals surface area (Å²) >= 11 is 0. The molecule has 5 atom stereocenters. The van der Waals surface area contributed by atoms with Crippen molar-refractivity contribution < 1.29 is 9.90 Å². The van der Waals surface area contributed by atoms with Crippen LogP contribution < -0.4 is 0 Å². The fourth-order valence-electron chi connectivity index (χ4n) is 7.50. The van der Waals surface area contributed by atoms with Crippen molar-refractivity contribution in [2.45, 2.75) is 163 Å². The Morgan fingerprint density at radius 2 is 0.881 bits per heavy atom. The molecule has 234 valence electrons. The number of Topliss-reactive ketones (excluding diaryl/α,β-unsaturated/α-hetero) is 1. The molecule has 42 heavy (non-hydrogen) atoms. The van der Waals surface area contributed by atoms with Crippen LogP contribution in [0.2, 0.25) is 0 Å². The van der Waals surface area contributed by atoms with Gasteiger partial charge in [-0.15, -0.1) is 0 Å². The first-order chi connectivity index (χ1) is 20.1. The van der Waals surface area contributed by atoms with Gasteiger partial charge in [0.1, 0.15) is 0 Å². The molecule has 0 heterocycles. The van der Waals surface area contributed by atoms with Gasteiger partial charge >= 0.3 is 0 Å². The van der Waals surface area contributed by atoms with E-state index in [1.165, 1.54) is 27.8 Å². The Bertz CT molecular complexity index is 1090. The Hall–Kier alpha value is -2.35. The standard InChI is InChI=1S/C40H62O2/c1-11-19-27(6)34-35(28(7)20-12-2)37(30(9)22-14-4)39(40(42)33(41)26-32-24-17-16-18-25-32)38(31(10)23-15-5)36(34)29(8)21-13-3/h16-18,24-31,41H,11-15,19-23H2,1-10H3. The van der Waals surface area contributed by atoms with Gasteiger partial charge in [-0.1, -0.05) is 132 Å². The van der Waals surface area contributed by atoms with E-state index in [1.807, 2.05) is 30.3 Å². The van der Waals surface area contributed by atoms with Crippen molar-refractivity contribution in [3.63, 3.8) is 0 Å². The molecule has 0 radical (unpaired) electrons. The quantitative estimate of drug-likeness (QED) is 0.109. The van der Waals surface area contributed by atoms with Crippen LogP contribution in [0.3, 0.4) is 0 Å². The van der Waals surface area contributed by atoms with Crippen molar-refractivity contribution in [3.8, 4) is 0 Å². The van der Waals surface area contributed by atoms with Crippen LogP contribution in [-0.2, 0) is 0 Å². The van der Waals surface area contributed by atoms with E-state index in [9.17, 15) is 9.90 Å². The number of carbonyl (C=O) groups is 1. The number of ketones is 1. The summed E-state index contributed by atoms with van der Waals surface area (Å²) in [4.78, 5) is 14.8. The largest absolute Gasteiger partial charge is 0.504 e. The maximum Gasteiger partial charge on any atom is 0.227 e. The highest BCUT2D eigenvalue weighted by Crippen LogP contribution is 2.49. The van der Waals surface area contributed by atoms with Crippen LogP contribution in [0.5, 0.6) is 0 Å². The van der Waals surface area contributed by atoms with Crippen molar-refractivity contribution in [3.05, 3.63) is 75.0 Å². The van der Waals surface area contributed by atoms with E-state index in [2.05, 4.69) is 69.2 Å². The third-order valence-corrected chi connectivity index (χ3v) is 9.33. The summed E-state index contributed by atoms with van der Waals surface area (Å²) in [7, 11) is 0. The van der Waals surface area contributed by atoms with Gasteiger partial charge in [-0.25, -0.2) is 0 Å². The van der Waals surface area contributed by atoms with Gasteiger partial charge in [0.15, 0.2) is 5.76 Å². The molecule has 0 bridgehead atoms. The minimum Gasteiger partial charge on any atom is -0.504 e. The number of carbonyl (C=O) groups excluding carboxylic acids is 1. The number of aliphatic hydroxyl groups excluding tert-OH is 1. The zero-order valence-corrected chi connectivity index (χ0v) is 28.8. The first kappa shape index (κ1) is 35.8. The maximum atomic E-state index is 14.8. The molecule has 0 saturated heterocycles. The van der Waals surface area contributed by atoms with Gasteiger partial charge in [0.2, 0.25) is 5.78 Å². The molecule has 2 rings (SSSR count). The third-order valence-electron chi connectivity index (χ3n) is 9.33. The first-order valence-corrected chi connectivity index (χ1v) is 17.3. The maximum absolute atomic E-state index is 14.8. The lowest BCUT2D eigenvalue weighted by atomic mass is 9.67. The van der Waals surface area contributed by atoms with Crippen LogP contribution in [0.4, 0.5) is 0 Å². The number of hydrogen-bond acceptors (Lipinski definition) is 2. The van der Waals surface area contributed by atoms with E-state index in [-0.39, 0.29) is 23.4 Å². The van der Waals surface area contributed by atoms with E-state index in [0.29, 0.717) is 17.8 Å². The second kappa shape index (κ2) is 17.7. The summed E-state index contributed by atoms with van der Waals surface area (Å²) in [5, 5.41) is 11.5. The van der Waals surface area contributed by atoms with Crippen molar-refractivity contribution >= 4 is 11.9 Å². The third kappa shape index (κ3) is 8.61. The van der Waals surface area contributed by atoms with Crippen LogP contribution in [-0.4, -0.2) is 10.9 Å². The van der Waals surface area contributed by atoms with Crippen molar-refractivity contribution in [2.75, 3.05) is 0 Å². The lowest BCUT2D eigenvalue weighted by molar-refractivity contribution is 0.0977. The molecular formula is C40H62O2. The zero-order chi connectivity index (χ0) is 31.4. The van der Waals surface area contributed by atoms with Gasteiger partial charge in [0, 0.05) is 5.56 Å². The predicted octanol–water partition coefficient (Wildman–Crippen LogP) is 13.0. The summed E-state index contributed by atoms with van der Waals surface area (Å²) in [5.74, 6) is 1.28. The zero-order valence-electron chi connectivity index (χ0n) is 28.8. The van der Waals surface area contributed by atoms with Crippen LogP contribution in [0, 0.1) is 0 Å². The summed E-state index contributed by atoms with van der Waals surface area (Å²) < 4.78 is 0. The summed E-state index contributed by atoms with van der Waals surface area (Å²) in [6, 6.07) is 9.76. The average molecular weight is 575 g/mol. The van der Waals surface area contributed by atoms with E-state index in [1.54, 1.807) is 6.08 Å². The van der Waals surface area contributed by atoms with Crippen molar-refractivity contribution in [1.29, 1.82) is 0 Å². The SMILES string of the molecule is CCCC(C)c1c(C(=O)C(O)=Cc2ccccc2)c(C(C)CCC)c(C(C)CCC)c(C(C)CCC)c1C(C)CCC. The predicted molar refractivity (Wildman–Crippen MR) is 184 cm³/mol. The smallest absolute Gasteiger partial charge is 0.227 e. The molecule has 0 aliphatic heterocycles. The fraction of sp³-hybridized carbons (Fsp3) is 0.625. The molecule has 0 aliphatic carbocycles. The molecule has 2 nitrogen and oxygen atoms in total. The van der Waals surface area contributed by atoms with Crippen molar-refractivity contribution in [1.82, 2.24) is 0 Å². The van der Waals surface area contributed by atoms with Crippen molar-refractivity contribution in [2.24, 2.45) is 0 Å². The molecule has 0 aliphatic rings. The molecule has 1 N–H and O–H groups in total. The molecule has 2 aromatic rings. The highest BCUT2D eigenvalue weighted by atomic mass is 16.3. The minimum atomic E-state index is -0.195. The molecule has 2 heteroatoms. The monoisotopic (exact) mass is 574 g/mol. The normalized spacial score (nSPS) is 15.7. The molecule has 0 saturated carbocycles.